The smallest absolute Gasteiger partial charge is 0.341 e. The van der Waals surface area contributed by atoms with Crippen molar-refractivity contribution in [2.45, 2.75) is 19.4 Å². The van der Waals surface area contributed by atoms with Crippen molar-refractivity contribution < 1.29 is 14.4 Å². The van der Waals surface area contributed by atoms with E-state index in [1.54, 1.807) is 4.90 Å². The lowest BCUT2D eigenvalue weighted by Gasteiger charge is -2.31. The zero-order valence-corrected chi connectivity index (χ0v) is 15.4. The van der Waals surface area contributed by atoms with E-state index in [1.807, 2.05) is 35.7 Å². The third-order valence-corrected chi connectivity index (χ3v) is 5.15. The Labute approximate surface area is 156 Å². The fourth-order valence-electron chi connectivity index (χ4n) is 2.97. The fourth-order valence-corrected chi connectivity index (χ4v) is 3.71. The molecule has 3 rings (SSSR count). The second kappa shape index (κ2) is 8.77. The van der Waals surface area contributed by atoms with Gasteiger partial charge in [-0.05, 0) is 12.8 Å². The van der Waals surface area contributed by atoms with Crippen molar-refractivity contribution in [3.05, 3.63) is 40.7 Å². The molecular weight excluding hydrogens is 352 g/mol. The van der Waals surface area contributed by atoms with Gasteiger partial charge in [0.1, 0.15) is 5.01 Å². The first-order valence-electron chi connectivity index (χ1n) is 8.53. The summed E-state index contributed by atoms with van der Waals surface area (Å²) in [4.78, 5) is 35.1. The maximum Gasteiger partial charge on any atom is 0.341 e. The predicted molar refractivity (Wildman–Crippen MR) is 99.2 cm³/mol. The lowest BCUT2D eigenvalue weighted by Crippen LogP contribution is -2.48. The van der Waals surface area contributed by atoms with E-state index in [0.717, 1.165) is 29.1 Å². The average molecular weight is 374 g/mol. The Bertz CT molecular complexity index is 750. The second-order valence-corrected chi connectivity index (χ2v) is 7.05. The van der Waals surface area contributed by atoms with Crippen molar-refractivity contribution in [3.8, 4) is 11.3 Å². The Morgan fingerprint density at radius 2 is 2.15 bits per heavy atom. The molecule has 2 heterocycles. The highest BCUT2D eigenvalue weighted by Crippen LogP contribution is 2.22. The normalized spacial score (nSPS) is 17.0. The molecule has 0 aliphatic carbocycles. The molecule has 0 radical (unpaired) electrons. The molecule has 0 bridgehead atoms. The summed E-state index contributed by atoms with van der Waals surface area (Å²) < 4.78 is 0. The van der Waals surface area contributed by atoms with E-state index in [9.17, 15) is 9.59 Å². The number of hydroxylamine groups is 1. The number of carbonyl (C=O) groups is 2. The minimum Gasteiger partial charge on any atom is -0.349 e. The lowest BCUT2D eigenvalue weighted by atomic mass is 9.97. The SMILES string of the molecule is CONC(=O)N1CCC[C@H](C(=O)NCc2nc(-c3ccccc3)cs2)C1. The van der Waals surface area contributed by atoms with E-state index >= 15 is 0 Å². The largest absolute Gasteiger partial charge is 0.349 e. The number of carbonyl (C=O) groups excluding carboxylic acids is 2. The van der Waals surface area contributed by atoms with Crippen LogP contribution in [0.3, 0.4) is 0 Å². The van der Waals surface area contributed by atoms with Crippen LogP contribution in [0.5, 0.6) is 0 Å². The molecule has 2 aromatic rings. The zero-order valence-electron chi connectivity index (χ0n) is 14.6. The first kappa shape index (κ1) is 18.3. The van der Waals surface area contributed by atoms with E-state index < -0.39 is 0 Å². The van der Waals surface area contributed by atoms with Crippen molar-refractivity contribution in [3.63, 3.8) is 0 Å². The molecule has 8 heteroatoms. The van der Waals surface area contributed by atoms with Gasteiger partial charge in [0.15, 0.2) is 0 Å². The molecule has 1 aromatic heterocycles. The molecule has 26 heavy (non-hydrogen) atoms. The predicted octanol–water partition coefficient (Wildman–Crippen LogP) is 2.41. The molecule has 3 amide bonds. The van der Waals surface area contributed by atoms with Gasteiger partial charge in [-0.1, -0.05) is 30.3 Å². The minimum absolute atomic E-state index is 0.0450. The lowest BCUT2D eigenvalue weighted by molar-refractivity contribution is -0.126. The first-order chi connectivity index (χ1) is 12.7. The summed E-state index contributed by atoms with van der Waals surface area (Å²) in [5.41, 5.74) is 4.28. The number of nitrogens with zero attached hydrogens (tertiary/aromatic N) is 2. The molecule has 1 aliphatic rings. The van der Waals surface area contributed by atoms with Crippen molar-refractivity contribution in [1.82, 2.24) is 20.7 Å². The molecule has 0 saturated carbocycles. The number of aromatic nitrogens is 1. The second-order valence-electron chi connectivity index (χ2n) is 6.11. The topological polar surface area (TPSA) is 83.6 Å². The zero-order chi connectivity index (χ0) is 18.4. The molecule has 0 unspecified atom stereocenters. The summed E-state index contributed by atoms with van der Waals surface area (Å²) >= 11 is 1.53. The van der Waals surface area contributed by atoms with Gasteiger partial charge >= 0.3 is 6.03 Å². The number of amides is 3. The van der Waals surface area contributed by atoms with Gasteiger partial charge in [0.25, 0.3) is 0 Å². The van der Waals surface area contributed by atoms with Gasteiger partial charge in [0, 0.05) is 24.0 Å². The van der Waals surface area contributed by atoms with Gasteiger partial charge < -0.3 is 10.2 Å². The van der Waals surface area contributed by atoms with Gasteiger partial charge in [-0.3, -0.25) is 9.63 Å². The highest BCUT2D eigenvalue weighted by molar-refractivity contribution is 7.09. The van der Waals surface area contributed by atoms with E-state index in [0.29, 0.717) is 19.6 Å². The van der Waals surface area contributed by atoms with Crippen LogP contribution in [0, 0.1) is 5.92 Å². The van der Waals surface area contributed by atoms with Crippen LogP contribution in [-0.2, 0) is 16.2 Å². The molecule has 1 fully saturated rings. The number of rotatable bonds is 5. The standard InChI is InChI=1S/C18H22N4O3S/c1-25-21-18(24)22-9-5-8-14(11-22)17(23)19-10-16-20-15(12-26-16)13-6-3-2-4-7-13/h2-4,6-7,12,14H,5,8-11H2,1H3,(H,19,23)(H,21,24)/t14-/m0/s1. The minimum atomic E-state index is -0.308. The summed E-state index contributed by atoms with van der Waals surface area (Å²) in [5.74, 6) is -0.253. The highest BCUT2D eigenvalue weighted by atomic mass is 32.1. The van der Waals surface area contributed by atoms with E-state index in [2.05, 4.69) is 20.6 Å². The summed E-state index contributed by atoms with van der Waals surface area (Å²) in [6.07, 6.45) is 1.57. The Morgan fingerprint density at radius 3 is 2.92 bits per heavy atom. The number of nitrogens with one attached hydrogen (secondary N) is 2. The van der Waals surface area contributed by atoms with Crippen LogP contribution >= 0.6 is 11.3 Å². The Balaban J connectivity index is 1.52. The van der Waals surface area contributed by atoms with Crippen LogP contribution < -0.4 is 10.8 Å². The number of piperidine rings is 1. The average Bonchev–Trinajstić information content (AvgIpc) is 3.16. The molecule has 1 atom stereocenters. The van der Waals surface area contributed by atoms with Crippen molar-refractivity contribution in [2.75, 3.05) is 20.2 Å². The van der Waals surface area contributed by atoms with E-state index in [-0.39, 0.29) is 17.9 Å². The molecule has 0 spiro atoms. The Kier molecular flexibility index (Phi) is 6.19. The van der Waals surface area contributed by atoms with Crippen molar-refractivity contribution in [1.29, 1.82) is 0 Å². The maximum absolute atomic E-state index is 12.5. The molecule has 1 aromatic carbocycles. The monoisotopic (exact) mass is 374 g/mol. The maximum atomic E-state index is 12.5. The molecular formula is C18H22N4O3S. The third-order valence-electron chi connectivity index (χ3n) is 4.30. The number of hydrogen-bond acceptors (Lipinski definition) is 5. The number of hydrogen-bond donors (Lipinski definition) is 2. The van der Waals surface area contributed by atoms with Gasteiger partial charge in [0.2, 0.25) is 5.91 Å². The summed E-state index contributed by atoms with van der Waals surface area (Å²) in [6.45, 7) is 1.43. The van der Waals surface area contributed by atoms with Crippen molar-refractivity contribution in [2.24, 2.45) is 5.92 Å². The highest BCUT2D eigenvalue weighted by Gasteiger charge is 2.28. The van der Waals surface area contributed by atoms with Crippen LogP contribution in [0.15, 0.2) is 35.7 Å². The number of urea groups is 1. The van der Waals surface area contributed by atoms with E-state index in [1.165, 1.54) is 18.4 Å². The third kappa shape index (κ3) is 4.59. The Morgan fingerprint density at radius 1 is 1.35 bits per heavy atom. The van der Waals surface area contributed by atoms with Gasteiger partial charge in [-0.2, -0.15) is 0 Å². The molecule has 7 nitrogen and oxygen atoms in total. The fraction of sp³-hybridized carbons (Fsp3) is 0.389. The number of likely N-dealkylation sites (tertiary alicyclic amines) is 1. The molecule has 138 valence electrons. The van der Waals surface area contributed by atoms with Crippen LogP contribution in [0.1, 0.15) is 17.8 Å². The van der Waals surface area contributed by atoms with Crippen molar-refractivity contribution >= 4 is 23.3 Å². The quantitative estimate of drug-likeness (QED) is 0.787. The van der Waals surface area contributed by atoms with Crippen LogP contribution in [0.4, 0.5) is 4.79 Å². The van der Waals surface area contributed by atoms with Crippen LogP contribution in [0.25, 0.3) is 11.3 Å². The van der Waals surface area contributed by atoms with E-state index in [4.69, 9.17) is 0 Å². The Hall–Kier alpha value is -2.45. The summed E-state index contributed by atoms with van der Waals surface area (Å²) in [7, 11) is 1.39. The molecule has 1 saturated heterocycles. The number of benzene rings is 1. The van der Waals surface area contributed by atoms with Crippen LogP contribution in [-0.4, -0.2) is 42.0 Å². The van der Waals surface area contributed by atoms with Gasteiger partial charge in [0.05, 0.1) is 25.3 Å². The molecule has 2 N–H and O–H groups in total. The summed E-state index contributed by atoms with van der Waals surface area (Å²) in [6, 6.07) is 9.64. The molecule has 1 aliphatic heterocycles. The number of thiazole rings is 1. The first-order valence-corrected chi connectivity index (χ1v) is 9.41. The van der Waals surface area contributed by atoms with Gasteiger partial charge in [-0.15, -0.1) is 11.3 Å². The van der Waals surface area contributed by atoms with Crippen LogP contribution in [0.2, 0.25) is 0 Å². The summed E-state index contributed by atoms with van der Waals surface area (Å²) in [5, 5.41) is 5.80. The van der Waals surface area contributed by atoms with Gasteiger partial charge in [-0.25, -0.2) is 15.3 Å².